The van der Waals surface area contributed by atoms with Gasteiger partial charge in [0, 0.05) is 29.2 Å². The molecule has 0 radical (unpaired) electrons. The van der Waals surface area contributed by atoms with Crippen LogP contribution in [0.15, 0.2) is 40.9 Å². The summed E-state index contributed by atoms with van der Waals surface area (Å²) in [7, 11) is 1.51. The van der Waals surface area contributed by atoms with Crippen LogP contribution in [0, 0.1) is 6.92 Å². The Morgan fingerprint density at radius 2 is 2.00 bits per heavy atom. The molecule has 2 aromatic rings. The van der Waals surface area contributed by atoms with Gasteiger partial charge in [-0.15, -0.1) is 0 Å². The van der Waals surface area contributed by atoms with E-state index in [2.05, 4.69) is 26.6 Å². The molecule has 0 saturated carbocycles. The van der Waals surface area contributed by atoms with Crippen LogP contribution in [0.3, 0.4) is 0 Å². The third-order valence-corrected chi connectivity index (χ3v) is 4.86. The molecule has 8 heteroatoms. The van der Waals surface area contributed by atoms with E-state index in [4.69, 9.17) is 21.1 Å². The number of carbonyl (C=O) groups excluding carboxylic acids is 2. The molecule has 2 aromatic carbocycles. The van der Waals surface area contributed by atoms with E-state index in [1.54, 1.807) is 18.2 Å². The van der Waals surface area contributed by atoms with Gasteiger partial charge in [0.15, 0.2) is 11.5 Å². The van der Waals surface area contributed by atoms with Crippen molar-refractivity contribution in [3.05, 3.63) is 57.0 Å². The number of benzene rings is 2. The van der Waals surface area contributed by atoms with Crippen LogP contribution in [-0.4, -0.2) is 32.1 Å². The average molecular weight is 496 g/mol. The lowest BCUT2D eigenvalue weighted by Crippen LogP contribution is -2.26. The molecule has 0 saturated heterocycles. The number of hydrogen-bond donors (Lipinski definition) is 2. The van der Waals surface area contributed by atoms with Crippen LogP contribution in [0.1, 0.15) is 24.5 Å². The molecule has 160 valence electrons. The van der Waals surface area contributed by atoms with E-state index in [0.29, 0.717) is 28.7 Å². The average Bonchev–Trinajstić information content (AvgIpc) is 2.69. The number of amides is 2. The van der Waals surface area contributed by atoms with Gasteiger partial charge in [-0.1, -0.05) is 33.6 Å². The largest absolute Gasteiger partial charge is 0.491 e. The maximum atomic E-state index is 12.1. The number of carbonyl (C=O) groups is 2. The number of anilines is 1. The van der Waals surface area contributed by atoms with Crippen LogP contribution in [0.25, 0.3) is 6.08 Å². The number of nitrogens with one attached hydrogen (secondary N) is 2. The van der Waals surface area contributed by atoms with Crippen LogP contribution in [0.5, 0.6) is 11.5 Å². The van der Waals surface area contributed by atoms with Crippen molar-refractivity contribution < 1.29 is 19.1 Å². The summed E-state index contributed by atoms with van der Waals surface area (Å²) in [5.74, 6) is 0.467. The topological polar surface area (TPSA) is 76.7 Å². The quantitative estimate of drug-likeness (QED) is 0.481. The highest BCUT2D eigenvalue weighted by Gasteiger charge is 2.11. The number of hydrogen-bond acceptors (Lipinski definition) is 4. The lowest BCUT2D eigenvalue weighted by Gasteiger charge is -2.11. The minimum absolute atomic E-state index is 0.161. The van der Waals surface area contributed by atoms with E-state index >= 15 is 0 Å². The molecule has 0 spiro atoms. The summed E-state index contributed by atoms with van der Waals surface area (Å²) in [5, 5.41) is 5.92. The summed E-state index contributed by atoms with van der Waals surface area (Å²) < 4.78 is 11.6. The van der Waals surface area contributed by atoms with Gasteiger partial charge < -0.3 is 20.1 Å². The van der Waals surface area contributed by atoms with Crippen LogP contribution in [0.2, 0.25) is 5.02 Å². The van der Waals surface area contributed by atoms with Gasteiger partial charge in [0.2, 0.25) is 11.8 Å². The van der Waals surface area contributed by atoms with E-state index in [1.807, 2.05) is 32.0 Å². The van der Waals surface area contributed by atoms with Gasteiger partial charge >= 0.3 is 0 Å². The molecule has 0 aliphatic carbocycles. The normalized spacial score (nSPS) is 10.7. The highest BCUT2D eigenvalue weighted by Crippen LogP contribution is 2.36. The van der Waals surface area contributed by atoms with Crippen LogP contribution < -0.4 is 20.1 Å². The Morgan fingerprint density at radius 1 is 1.23 bits per heavy atom. The Labute approximate surface area is 189 Å². The van der Waals surface area contributed by atoms with Crippen molar-refractivity contribution >= 4 is 51.1 Å². The van der Waals surface area contributed by atoms with Crippen molar-refractivity contribution in [1.82, 2.24) is 5.32 Å². The molecule has 0 aliphatic heterocycles. The van der Waals surface area contributed by atoms with Crippen molar-refractivity contribution in [1.29, 1.82) is 0 Å². The molecule has 2 amide bonds. The summed E-state index contributed by atoms with van der Waals surface area (Å²) in [6.07, 6.45) is 3.16. The van der Waals surface area contributed by atoms with Gasteiger partial charge in [0.1, 0.15) is 0 Å². The van der Waals surface area contributed by atoms with Crippen molar-refractivity contribution in [2.45, 2.75) is 20.3 Å². The van der Waals surface area contributed by atoms with Gasteiger partial charge in [0.05, 0.1) is 18.7 Å². The third kappa shape index (κ3) is 7.07. The maximum absolute atomic E-state index is 12.1. The second kappa shape index (κ2) is 11.6. The standard InChI is InChI=1S/C22H24BrClN2O4/c1-4-30-19-12-15(11-17(24)22(19)29-3)6-8-20(27)25-10-9-21(28)26-18-13-16(23)7-5-14(18)2/h5-8,11-13H,4,9-10H2,1-3H3,(H,25,27)(H,26,28)/b8-6+. The Morgan fingerprint density at radius 3 is 2.70 bits per heavy atom. The van der Waals surface area contributed by atoms with Gasteiger partial charge in [-0.25, -0.2) is 0 Å². The maximum Gasteiger partial charge on any atom is 0.244 e. The second-order valence-corrected chi connectivity index (χ2v) is 7.67. The highest BCUT2D eigenvalue weighted by molar-refractivity contribution is 9.10. The number of aryl methyl sites for hydroxylation is 1. The first-order chi connectivity index (χ1) is 14.3. The van der Waals surface area contributed by atoms with Crippen LogP contribution >= 0.6 is 27.5 Å². The Bertz CT molecular complexity index is 947. The van der Waals surface area contributed by atoms with Crippen molar-refractivity contribution in [2.75, 3.05) is 25.6 Å². The zero-order valence-corrected chi connectivity index (χ0v) is 19.4. The molecule has 0 aliphatic rings. The lowest BCUT2D eigenvalue weighted by molar-refractivity contribution is -0.117. The Hall–Kier alpha value is -2.51. The fraction of sp³-hybridized carbons (Fsp3) is 0.273. The zero-order chi connectivity index (χ0) is 22.1. The molecule has 0 fully saturated rings. The van der Waals surface area contributed by atoms with E-state index in [1.165, 1.54) is 13.2 Å². The summed E-state index contributed by atoms with van der Waals surface area (Å²) in [4.78, 5) is 24.1. The molecular weight excluding hydrogens is 472 g/mol. The highest BCUT2D eigenvalue weighted by atomic mass is 79.9. The Balaban J connectivity index is 1.88. The first-order valence-electron chi connectivity index (χ1n) is 9.36. The fourth-order valence-electron chi connectivity index (χ4n) is 2.62. The second-order valence-electron chi connectivity index (χ2n) is 6.35. The lowest BCUT2D eigenvalue weighted by atomic mass is 10.2. The molecule has 0 unspecified atom stereocenters. The van der Waals surface area contributed by atoms with E-state index in [9.17, 15) is 9.59 Å². The zero-order valence-electron chi connectivity index (χ0n) is 17.1. The Kier molecular flexibility index (Phi) is 9.20. The first-order valence-corrected chi connectivity index (χ1v) is 10.5. The molecule has 0 aromatic heterocycles. The number of rotatable bonds is 9. The van der Waals surface area contributed by atoms with Gasteiger partial charge in [-0.05, 0) is 55.3 Å². The minimum Gasteiger partial charge on any atom is -0.491 e. The summed E-state index contributed by atoms with van der Waals surface area (Å²) in [6, 6.07) is 9.08. The molecule has 6 nitrogen and oxygen atoms in total. The van der Waals surface area contributed by atoms with Crippen LogP contribution in [-0.2, 0) is 9.59 Å². The predicted molar refractivity (Wildman–Crippen MR) is 123 cm³/mol. The predicted octanol–water partition coefficient (Wildman–Crippen LogP) is 4.98. The first kappa shape index (κ1) is 23.8. The van der Waals surface area contributed by atoms with E-state index in [0.717, 1.165) is 15.7 Å². The van der Waals surface area contributed by atoms with Crippen molar-refractivity contribution in [2.24, 2.45) is 0 Å². The number of halogens is 2. The number of ether oxygens (including phenoxy) is 2. The molecule has 2 rings (SSSR count). The van der Waals surface area contributed by atoms with Crippen LogP contribution in [0.4, 0.5) is 5.69 Å². The van der Waals surface area contributed by atoms with Crippen molar-refractivity contribution in [3.8, 4) is 11.5 Å². The molecule has 0 atom stereocenters. The summed E-state index contributed by atoms with van der Waals surface area (Å²) in [5.41, 5.74) is 2.40. The summed E-state index contributed by atoms with van der Waals surface area (Å²) in [6.45, 7) is 4.45. The molecule has 0 bridgehead atoms. The van der Waals surface area contributed by atoms with Crippen molar-refractivity contribution in [3.63, 3.8) is 0 Å². The molecule has 2 N–H and O–H groups in total. The van der Waals surface area contributed by atoms with Gasteiger partial charge in [-0.3, -0.25) is 9.59 Å². The van der Waals surface area contributed by atoms with E-state index < -0.39 is 0 Å². The smallest absolute Gasteiger partial charge is 0.244 e. The summed E-state index contributed by atoms with van der Waals surface area (Å²) >= 11 is 9.59. The molecule has 30 heavy (non-hydrogen) atoms. The fourth-order valence-corrected chi connectivity index (χ4v) is 3.27. The van der Waals surface area contributed by atoms with E-state index in [-0.39, 0.29) is 24.8 Å². The number of methoxy groups -OCH3 is 1. The minimum atomic E-state index is -0.314. The SMILES string of the molecule is CCOc1cc(/C=C/C(=O)NCCC(=O)Nc2cc(Br)ccc2C)cc(Cl)c1OC. The molecule has 0 heterocycles. The third-order valence-electron chi connectivity index (χ3n) is 4.09. The van der Waals surface area contributed by atoms with Gasteiger partial charge in [0.25, 0.3) is 0 Å². The molecular formula is C22H24BrClN2O4. The van der Waals surface area contributed by atoms with Gasteiger partial charge in [-0.2, -0.15) is 0 Å². The monoisotopic (exact) mass is 494 g/mol.